The average molecular weight is 355 g/mol. The Kier molecular flexibility index (Phi) is 4.62. The largest absolute Gasteiger partial charge is 0.496 e. The molecule has 0 spiro atoms. The van der Waals surface area contributed by atoms with E-state index in [1.54, 1.807) is 25.3 Å². The van der Waals surface area contributed by atoms with Crippen LogP contribution in [0.1, 0.15) is 18.9 Å². The van der Waals surface area contributed by atoms with Crippen LogP contribution in [0.25, 0.3) is 0 Å². The molecule has 0 unspecified atom stereocenters. The van der Waals surface area contributed by atoms with E-state index in [4.69, 9.17) is 4.74 Å². The molecule has 1 fully saturated rings. The molecule has 7 heteroatoms. The van der Waals surface area contributed by atoms with Crippen LogP contribution >= 0.6 is 15.9 Å². The van der Waals surface area contributed by atoms with Crippen molar-refractivity contribution in [1.29, 1.82) is 0 Å². The molecule has 21 heavy (non-hydrogen) atoms. The Morgan fingerprint density at radius 3 is 2.38 bits per heavy atom. The van der Waals surface area contributed by atoms with E-state index < -0.39 is 17.8 Å². The fourth-order valence-corrected chi connectivity index (χ4v) is 2.69. The Morgan fingerprint density at radius 1 is 1.14 bits per heavy atom. The number of nitrogens with zero attached hydrogens (tertiary/aromatic N) is 2. The van der Waals surface area contributed by atoms with E-state index in [2.05, 4.69) is 15.9 Å². The van der Waals surface area contributed by atoms with Crippen molar-refractivity contribution in [2.45, 2.75) is 19.9 Å². The monoisotopic (exact) mass is 354 g/mol. The molecule has 0 radical (unpaired) electrons. The lowest BCUT2D eigenvalue weighted by Gasteiger charge is -2.15. The number of imide groups is 2. The average Bonchev–Trinajstić information content (AvgIpc) is 2.66. The van der Waals surface area contributed by atoms with Gasteiger partial charge in [-0.3, -0.25) is 19.4 Å². The number of amides is 4. The number of benzene rings is 1. The number of urea groups is 1. The van der Waals surface area contributed by atoms with Crippen molar-refractivity contribution in [3.63, 3.8) is 0 Å². The molecule has 112 valence electrons. The van der Waals surface area contributed by atoms with Crippen LogP contribution in [0.2, 0.25) is 0 Å². The number of carbonyl (C=O) groups excluding carboxylic acids is 3. The van der Waals surface area contributed by atoms with Crippen molar-refractivity contribution in [2.75, 3.05) is 13.7 Å². The van der Waals surface area contributed by atoms with Crippen molar-refractivity contribution in [3.8, 4) is 5.75 Å². The van der Waals surface area contributed by atoms with Gasteiger partial charge in [0.2, 0.25) is 0 Å². The third kappa shape index (κ3) is 2.92. The van der Waals surface area contributed by atoms with Crippen LogP contribution in [0.5, 0.6) is 5.75 Å². The van der Waals surface area contributed by atoms with Crippen LogP contribution in [0.4, 0.5) is 4.79 Å². The smallest absolute Gasteiger partial charge is 0.334 e. The fourth-order valence-electron chi connectivity index (χ4n) is 2.10. The maximum absolute atomic E-state index is 12.1. The number of ether oxygens (including phenoxy) is 1. The van der Waals surface area contributed by atoms with Gasteiger partial charge in [0.15, 0.2) is 0 Å². The zero-order valence-electron chi connectivity index (χ0n) is 11.8. The summed E-state index contributed by atoms with van der Waals surface area (Å²) < 4.78 is 5.84. The predicted molar refractivity (Wildman–Crippen MR) is 78.6 cm³/mol. The highest BCUT2D eigenvalue weighted by atomic mass is 79.9. The van der Waals surface area contributed by atoms with Gasteiger partial charge in [0.05, 0.1) is 18.1 Å². The van der Waals surface area contributed by atoms with Gasteiger partial charge < -0.3 is 4.74 Å². The van der Waals surface area contributed by atoms with Gasteiger partial charge in [-0.1, -0.05) is 13.0 Å². The highest BCUT2D eigenvalue weighted by molar-refractivity contribution is 9.10. The maximum atomic E-state index is 12.1. The van der Waals surface area contributed by atoms with Gasteiger partial charge in [-0.25, -0.2) is 4.79 Å². The third-order valence-corrected chi connectivity index (χ3v) is 3.76. The van der Waals surface area contributed by atoms with E-state index in [0.29, 0.717) is 12.2 Å². The first kappa shape index (κ1) is 15.5. The van der Waals surface area contributed by atoms with Crippen molar-refractivity contribution >= 4 is 33.8 Å². The van der Waals surface area contributed by atoms with Gasteiger partial charge in [-0.2, -0.15) is 0 Å². The Bertz CT molecular complexity index is 603. The summed E-state index contributed by atoms with van der Waals surface area (Å²) in [4.78, 5) is 37.7. The number of hydrogen-bond acceptors (Lipinski definition) is 4. The molecule has 1 saturated heterocycles. The standard InChI is InChI=1S/C14H15BrN2O4/c1-3-6-16-12(18)13(19)17(14(16)20)8-9-4-5-11(21-2)10(15)7-9/h4-5,7H,3,6,8H2,1-2H3. The summed E-state index contributed by atoms with van der Waals surface area (Å²) in [7, 11) is 1.55. The molecule has 4 amide bonds. The molecule has 1 aliphatic rings. The van der Waals surface area contributed by atoms with Crippen LogP contribution in [-0.2, 0) is 16.1 Å². The molecule has 1 aliphatic heterocycles. The van der Waals surface area contributed by atoms with Gasteiger partial charge in [0.1, 0.15) is 5.75 Å². The molecule has 6 nitrogen and oxygen atoms in total. The summed E-state index contributed by atoms with van der Waals surface area (Å²) in [6.45, 7) is 2.16. The van der Waals surface area contributed by atoms with E-state index in [9.17, 15) is 14.4 Å². The Morgan fingerprint density at radius 2 is 1.81 bits per heavy atom. The lowest BCUT2D eigenvalue weighted by Crippen LogP contribution is -2.33. The molecule has 0 aromatic heterocycles. The molecular formula is C14H15BrN2O4. The van der Waals surface area contributed by atoms with Gasteiger partial charge >= 0.3 is 17.8 Å². The zero-order valence-corrected chi connectivity index (χ0v) is 13.3. The second-order valence-electron chi connectivity index (χ2n) is 4.60. The minimum absolute atomic E-state index is 0.0617. The van der Waals surface area contributed by atoms with Crippen LogP contribution in [0.3, 0.4) is 0 Å². The maximum Gasteiger partial charge on any atom is 0.334 e. The number of hydrogen-bond donors (Lipinski definition) is 0. The Labute approximate surface area is 130 Å². The number of halogens is 1. The van der Waals surface area contributed by atoms with E-state index in [1.807, 2.05) is 6.92 Å². The van der Waals surface area contributed by atoms with Crippen molar-refractivity contribution in [2.24, 2.45) is 0 Å². The number of rotatable bonds is 5. The molecule has 1 heterocycles. The first-order valence-electron chi connectivity index (χ1n) is 6.49. The predicted octanol–water partition coefficient (Wildman–Crippen LogP) is 2.16. The lowest BCUT2D eigenvalue weighted by atomic mass is 10.2. The van der Waals surface area contributed by atoms with E-state index in [0.717, 1.165) is 19.8 Å². The molecular weight excluding hydrogens is 340 g/mol. The van der Waals surface area contributed by atoms with Crippen LogP contribution in [0.15, 0.2) is 22.7 Å². The van der Waals surface area contributed by atoms with E-state index >= 15 is 0 Å². The summed E-state index contributed by atoms with van der Waals surface area (Å²) >= 11 is 3.34. The topological polar surface area (TPSA) is 66.9 Å². The SMILES string of the molecule is CCCN1C(=O)C(=O)N(Cc2ccc(OC)c(Br)c2)C1=O. The molecule has 1 aromatic rings. The second kappa shape index (κ2) is 6.26. The normalized spacial score (nSPS) is 15.1. The summed E-state index contributed by atoms with van der Waals surface area (Å²) in [6, 6.07) is 4.68. The fraction of sp³-hybridized carbons (Fsp3) is 0.357. The first-order valence-corrected chi connectivity index (χ1v) is 7.28. The van der Waals surface area contributed by atoms with E-state index in [1.165, 1.54) is 0 Å². The van der Waals surface area contributed by atoms with E-state index in [-0.39, 0.29) is 13.1 Å². The second-order valence-corrected chi connectivity index (χ2v) is 5.45. The number of methoxy groups -OCH3 is 1. The number of carbonyl (C=O) groups is 3. The molecule has 0 atom stereocenters. The molecule has 1 aromatic carbocycles. The van der Waals surface area contributed by atoms with Gasteiger partial charge in [-0.15, -0.1) is 0 Å². The lowest BCUT2D eigenvalue weighted by molar-refractivity contribution is -0.143. The molecule has 0 bridgehead atoms. The summed E-state index contributed by atoms with van der Waals surface area (Å²) in [6.07, 6.45) is 0.618. The highest BCUT2D eigenvalue weighted by Crippen LogP contribution is 2.27. The van der Waals surface area contributed by atoms with Crippen LogP contribution in [0, 0.1) is 0 Å². The van der Waals surface area contributed by atoms with Gasteiger partial charge in [-0.05, 0) is 40.0 Å². The van der Waals surface area contributed by atoms with Gasteiger partial charge in [0.25, 0.3) is 0 Å². The van der Waals surface area contributed by atoms with Gasteiger partial charge in [0, 0.05) is 6.54 Å². The molecule has 2 rings (SSSR count). The molecule has 0 aliphatic carbocycles. The summed E-state index contributed by atoms with van der Waals surface area (Å²) in [5.41, 5.74) is 0.732. The Hall–Kier alpha value is -1.89. The zero-order chi connectivity index (χ0) is 15.6. The summed E-state index contributed by atoms with van der Waals surface area (Å²) in [5.74, 6) is -0.878. The quantitative estimate of drug-likeness (QED) is 0.600. The Balaban J connectivity index is 2.19. The minimum atomic E-state index is -0.777. The third-order valence-electron chi connectivity index (χ3n) is 3.14. The summed E-state index contributed by atoms with van der Waals surface area (Å²) in [5, 5.41) is 0. The minimum Gasteiger partial charge on any atom is -0.496 e. The first-order chi connectivity index (χ1) is 9.99. The van der Waals surface area contributed by atoms with Crippen LogP contribution < -0.4 is 4.74 Å². The highest BCUT2D eigenvalue weighted by Gasteiger charge is 2.43. The van der Waals surface area contributed by atoms with Crippen molar-refractivity contribution < 1.29 is 19.1 Å². The molecule has 0 N–H and O–H groups in total. The molecule has 0 saturated carbocycles. The van der Waals surface area contributed by atoms with Crippen LogP contribution in [-0.4, -0.2) is 41.3 Å². The van der Waals surface area contributed by atoms with Crippen molar-refractivity contribution in [1.82, 2.24) is 9.80 Å². The van der Waals surface area contributed by atoms with Crippen molar-refractivity contribution in [3.05, 3.63) is 28.2 Å².